The zero-order chi connectivity index (χ0) is 22.6. The fourth-order valence-corrected chi connectivity index (χ4v) is 2.44. The van der Waals surface area contributed by atoms with Gasteiger partial charge in [-0.05, 0) is 53.0 Å². The van der Waals surface area contributed by atoms with Gasteiger partial charge in [0.2, 0.25) is 17.7 Å². The lowest BCUT2D eigenvalue weighted by Gasteiger charge is -2.25. The van der Waals surface area contributed by atoms with Crippen molar-refractivity contribution in [3.63, 3.8) is 0 Å². The average Bonchev–Trinajstić information content (AvgIpc) is 2.62. The summed E-state index contributed by atoms with van der Waals surface area (Å²) < 4.78 is 0. The molecule has 0 heterocycles. The quantitative estimate of drug-likeness (QED) is 0.209. The molecule has 0 rings (SSSR count). The van der Waals surface area contributed by atoms with E-state index in [-0.39, 0.29) is 6.42 Å². The van der Waals surface area contributed by atoms with Crippen molar-refractivity contribution in [1.29, 1.82) is 0 Å². The third-order valence-electron chi connectivity index (χ3n) is 4.37. The first-order chi connectivity index (χ1) is 13.4. The Morgan fingerprint density at radius 1 is 0.931 bits per heavy atom. The van der Waals surface area contributed by atoms with Crippen LogP contribution >= 0.6 is 0 Å². The second-order valence-corrected chi connectivity index (χ2v) is 7.80. The third kappa shape index (κ3) is 10.8. The number of aliphatic carboxylic acids is 1. The molecular weight excluding hydrogens is 378 g/mol. The van der Waals surface area contributed by atoms with E-state index in [9.17, 15) is 24.3 Å². The van der Waals surface area contributed by atoms with Crippen LogP contribution in [0.2, 0.25) is 0 Å². The number of carboxylic acids is 1. The molecule has 29 heavy (non-hydrogen) atoms. The lowest BCUT2D eigenvalue weighted by molar-refractivity contribution is -0.142. The summed E-state index contributed by atoms with van der Waals surface area (Å²) in [6, 6.07) is -2.85. The molecule has 8 N–H and O–H groups in total. The third-order valence-corrected chi connectivity index (χ3v) is 4.37. The first kappa shape index (κ1) is 26.8. The van der Waals surface area contributed by atoms with Gasteiger partial charge in [-0.15, -0.1) is 0 Å². The Hall–Kier alpha value is -2.20. The molecule has 0 aliphatic heterocycles. The van der Waals surface area contributed by atoms with Crippen molar-refractivity contribution in [3.05, 3.63) is 0 Å². The molecular formula is C19H37N5O5. The van der Waals surface area contributed by atoms with Crippen molar-refractivity contribution >= 4 is 23.7 Å². The smallest absolute Gasteiger partial charge is 0.326 e. The number of nitrogens with one attached hydrogen (secondary N) is 3. The molecule has 0 aromatic carbocycles. The lowest BCUT2D eigenvalue weighted by Crippen LogP contribution is -2.58. The Morgan fingerprint density at radius 2 is 1.48 bits per heavy atom. The van der Waals surface area contributed by atoms with Gasteiger partial charge in [-0.2, -0.15) is 0 Å². The summed E-state index contributed by atoms with van der Waals surface area (Å²) in [7, 11) is 0. The van der Waals surface area contributed by atoms with Crippen LogP contribution in [-0.2, 0) is 19.2 Å². The maximum atomic E-state index is 12.6. The number of rotatable bonds is 14. The molecule has 0 unspecified atom stereocenters. The zero-order valence-corrected chi connectivity index (χ0v) is 17.9. The predicted octanol–water partition coefficient (Wildman–Crippen LogP) is -0.398. The molecule has 10 heteroatoms. The molecule has 0 saturated carbocycles. The van der Waals surface area contributed by atoms with Crippen LogP contribution in [0.3, 0.4) is 0 Å². The first-order valence-corrected chi connectivity index (χ1v) is 10.1. The summed E-state index contributed by atoms with van der Waals surface area (Å²) in [4.78, 5) is 48.4. The lowest BCUT2D eigenvalue weighted by atomic mass is 10.0. The van der Waals surface area contributed by atoms with Crippen molar-refractivity contribution in [1.82, 2.24) is 16.0 Å². The highest BCUT2D eigenvalue weighted by atomic mass is 16.4. The van der Waals surface area contributed by atoms with E-state index in [0.29, 0.717) is 32.2 Å². The van der Waals surface area contributed by atoms with Crippen LogP contribution in [0.15, 0.2) is 0 Å². The van der Waals surface area contributed by atoms with Gasteiger partial charge in [0.1, 0.15) is 18.1 Å². The average molecular weight is 416 g/mol. The second kappa shape index (κ2) is 13.1. The molecule has 0 aromatic rings. The molecule has 0 radical (unpaired) electrons. The SMILES string of the molecule is CCCC[C@H](NC(=O)[C@H](C)NC(=O)C(C)(C)N)C(=O)N[C@@H](CCCCN)C(=O)O. The van der Waals surface area contributed by atoms with E-state index in [2.05, 4.69) is 16.0 Å². The van der Waals surface area contributed by atoms with Crippen LogP contribution in [0.5, 0.6) is 0 Å². The highest BCUT2D eigenvalue weighted by Crippen LogP contribution is 2.06. The predicted molar refractivity (Wildman–Crippen MR) is 110 cm³/mol. The minimum absolute atomic E-state index is 0.255. The minimum Gasteiger partial charge on any atom is -0.480 e. The van der Waals surface area contributed by atoms with E-state index >= 15 is 0 Å². The summed E-state index contributed by atoms with van der Waals surface area (Å²) in [6.07, 6.45) is 3.30. The van der Waals surface area contributed by atoms with Crippen molar-refractivity contribution in [3.8, 4) is 0 Å². The van der Waals surface area contributed by atoms with Gasteiger partial charge in [0.15, 0.2) is 0 Å². The van der Waals surface area contributed by atoms with Gasteiger partial charge < -0.3 is 32.5 Å². The number of hydrogen-bond donors (Lipinski definition) is 6. The van der Waals surface area contributed by atoms with Crippen molar-refractivity contribution < 1.29 is 24.3 Å². The van der Waals surface area contributed by atoms with Crippen LogP contribution in [0, 0.1) is 0 Å². The fourth-order valence-electron chi connectivity index (χ4n) is 2.44. The van der Waals surface area contributed by atoms with E-state index in [1.54, 1.807) is 0 Å². The van der Waals surface area contributed by atoms with Gasteiger partial charge in [-0.25, -0.2) is 4.79 Å². The normalized spacial score (nSPS) is 14.4. The number of hydrogen-bond acceptors (Lipinski definition) is 6. The first-order valence-electron chi connectivity index (χ1n) is 10.1. The van der Waals surface area contributed by atoms with Gasteiger partial charge in [0.25, 0.3) is 0 Å². The maximum Gasteiger partial charge on any atom is 0.326 e. The number of carboxylic acid groups (broad SMARTS) is 1. The Labute approximate surface area is 172 Å². The summed E-state index contributed by atoms with van der Waals surface area (Å²) in [5.41, 5.74) is 9.98. The van der Waals surface area contributed by atoms with Crippen LogP contribution in [0.25, 0.3) is 0 Å². The van der Waals surface area contributed by atoms with Crippen LogP contribution in [0.1, 0.15) is 66.2 Å². The molecule has 10 nitrogen and oxygen atoms in total. The second-order valence-electron chi connectivity index (χ2n) is 7.80. The number of carbonyl (C=O) groups excluding carboxylic acids is 3. The molecule has 0 aliphatic rings. The number of amides is 3. The van der Waals surface area contributed by atoms with Crippen molar-refractivity contribution in [2.45, 2.75) is 89.9 Å². The standard InChI is InChI=1S/C19H37N5O5/c1-5-6-9-13(16(26)24-14(17(27)28)10-7-8-11-20)23-15(25)12(2)22-18(29)19(3,4)21/h12-14H,5-11,20-21H2,1-4H3,(H,22,29)(H,23,25)(H,24,26)(H,27,28)/t12-,13-,14-/m0/s1. The van der Waals surface area contributed by atoms with Gasteiger partial charge in [0, 0.05) is 0 Å². The monoisotopic (exact) mass is 415 g/mol. The van der Waals surface area contributed by atoms with E-state index in [4.69, 9.17) is 11.5 Å². The highest BCUT2D eigenvalue weighted by molar-refractivity contribution is 5.94. The van der Waals surface area contributed by atoms with Gasteiger partial charge in [0.05, 0.1) is 5.54 Å². The molecule has 0 aliphatic carbocycles. The summed E-state index contributed by atoms with van der Waals surface area (Å²) >= 11 is 0. The van der Waals surface area contributed by atoms with Gasteiger partial charge in [-0.3, -0.25) is 14.4 Å². The molecule has 3 atom stereocenters. The molecule has 3 amide bonds. The summed E-state index contributed by atoms with van der Waals surface area (Å²) in [6.45, 7) is 6.90. The molecule has 168 valence electrons. The van der Waals surface area contributed by atoms with Crippen LogP contribution < -0.4 is 27.4 Å². The molecule has 0 fully saturated rings. The number of nitrogens with two attached hydrogens (primary N) is 2. The van der Waals surface area contributed by atoms with Crippen LogP contribution in [0.4, 0.5) is 0 Å². The van der Waals surface area contributed by atoms with E-state index in [1.807, 2.05) is 6.92 Å². The molecule has 0 saturated heterocycles. The zero-order valence-electron chi connectivity index (χ0n) is 17.9. The van der Waals surface area contributed by atoms with Gasteiger partial charge >= 0.3 is 5.97 Å². The fraction of sp³-hybridized carbons (Fsp3) is 0.789. The molecule has 0 bridgehead atoms. The summed E-state index contributed by atoms with van der Waals surface area (Å²) in [5.74, 6) is -2.75. The number of unbranched alkanes of at least 4 members (excludes halogenated alkanes) is 2. The number of carbonyl (C=O) groups is 4. The topological polar surface area (TPSA) is 177 Å². The Bertz CT molecular complexity index is 562. The van der Waals surface area contributed by atoms with Crippen molar-refractivity contribution in [2.24, 2.45) is 11.5 Å². The Kier molecular flexibility index (Phi) is 12.1. The van der Waals surface area contributed by atoms with E-state index < -0.39 is 47.4 Å². The van der Waals surface area contributed by atoms with Crippen molar-refractivity contribution in [2.75, 3.05) is 6.54 Å². The minimum atomic E-state index is -1.15. The Morgan fingerprint density at radius 3 is 1.97 bits per heavy atom. The molecule has 0 aromatic heterocycles. The highest BCUT2D eigenvalue weighted by Gasteiger charge is 2.29. The van der Waals surface area contributed by atoms with E-state index in [0.717, 1.165) is 6.42 Å². The van der Waals surface area contributed by atoms with E-state index in [1.165, 1.54) is 20.8 Å². The maximum absolute atomic E-state index is 12.6. The summed E-state index contributed by atoms with van der Waals surface area (Å²) in [5, 5.41) is 16.9. The largest absolute Gasteiger partial charge is 0.480 e. The molecule has 0 spiro atoms. The van der Waals surface area contributed by atoms with Crippen LogP contribution in [-0.4, -0.2) is 59.0 Å². The van der Waals surface area contributed by atoms with Gasteiger partial charge in [-0.1, -0.05) is 19.8 Å². The Balaban J connectivity index is 5.03.